The number of aryl methyl sites for hydroxylation is 1. The van der Waals surface area contributed by atoms with Crippen molar-refractivity contribution in [2.75, 3.05) is 5.73 Å². The second-order valence-electron chi connectivity index (χ2n) is 5.99. The molecule has 3 rings (SSSR count). The Kier molecular flexibility index (Phi) is 2.75. The molecule has 0 radical (unpaired) electrons. The fraction of sp³-hybridized carbons (Fsp3) is 0.400. The second kappa shape index (κ2) is 4.10. The molecule has 19 heavy (non-hydrogen) atoms. The van der Waals surface area contributed by atoms with Crippen LogP contribution in [0.2, 0.25) is 0 Å². The van der Waals surface area contributed by atoms with Gasteiger partial charge >= 0.3 is 0 Å². The highest BCUT2D eigenvalue weighted by Gasteiger charge is 2.49. The number of anilines is 1. The van der Waals surface area contributed by atoms with E-state index in [1.807, 2.05) is 25.2 Å². The molecule has 1 aliphatic carbocycles. The van der Waals surface area contributed by atoms with Gasteiger partial charge in [-0.1, -0.05) is 48.0 Å². The molecule has 1 heterocycles. The van der Waals surface area contributed by atoms with Crippen LogP contribution in [0.25, 0.3) is 11.1 Å². The molecule has 1 aliphatic rings. The summed E-state index contributed by atoms with van der Waals surface area (Å²) in [6, 6.07) is 8.19. The smallest absolute Gasteiger partial charge is 0.129 e. The van der Waals surface area contributed by atoms with Crippen molar-refractivity contribution in [3.63, 3.8) is 0 Å². The van der Waals surface area contributed by atoms with E-state index in [1.165, 1.54) is 6.42 Å². The zero-order valence-electron chi connectivity index (χ0n) is 11.4. The number of hydrogen-bond acceptors (Lipinski definition) is 2. The Morgan fingerprint density at radius 3 is 2.58 bits per heavy atom. The molecule has 100 valence electrons. The monoisotopic (exact) mass is 319 g/mol. The lowest BCUT2D eigenvalue weighted by atomic mass is 9.99. The Labute approximate surface area is 121 Å². The van der Waals surface area contributed by atoms with E-state index in [0.717, 1.165) is 27.1 Å². The van der Waals surface area contributed by atoms with Crippen LogP contribution in [-0.2, 0) is 7.05 Å². The molecule has 4 heteroatoms. The van der Waals surface area contributed by atoms with Gasteiger partial charge in [0, 0.05) is 28.6 Å². The zero-order chi connectivity index (χ0) is 13.8. The van der Waals surface area contributed by atoms with Crippen LogP contribution in [0, 0.1) is 5.41 Å². The topological polar surface area (TPSA) is 43.8 Å². The highest BCUT2D eigenvalue weighted by atomic mass is 79.9. The summed E-state index contributed by atoms with van der Waals surface area (Å²) >= 11 is 3.62. The van der Waals surface area contributed by atoms with E-state index in [1.54, 1.807) is 4.68 Å². The Morgan fingerprint density at radius 2 is 2.00 bits per heavy atom. The number of nitrogens with zero attached hydrogens (tertiary/aromatic N) is 2. The van der Waals surface area contributed by atoms with Gasteiger partial charge in [0.2, 0.25) is 0 Å². The molecule has 3 nitrogen and oxygen atoms in total. The lowest BCUT2D eigenvalue weighted by molar-refractivity contribution is 0.609. The van der Waals surface area contributed by atoms with Crippen LogP contribution in [0.15, 0.2) is 28.7 Å². The van der Waals surface area contributed by atoms with Crippen LogP contribution in [-0.4, -0.2) is 9.78 Å². The molecular weight excluding hydrogens is 302 g/mol. The highest BCUT2D eigenvalue weighted by Crippen LogP contribution is 2.60. The van der Waals surface area contributed by atoms with E-state index < -0.39 is 0 Å². The minimum Gasteiger partial charge on any atom is -0.383 e. The lowest BCUT2D eigenvalue weighted by Crippen LogP contribution is -1.98. The van der Waals surface area contributed by atoms with Crippen LogP contribution >= 0.6 is 15.9 Å². The maximum Gasteiger partial charge on any atom is 0.129 e. The average molecular weight is 320 g/mol. The molecular formula is C15H18BrN3. The minimum absolute atomic E-state index is 0.344. The highest BCUT2D eigenvalue weighted by molar-refractivity contribution is 9.10. The Hall–Kier alpha value is -1.29. The SMILES string of the molecule is Cn1nc(C2CC2(C)C)c(-c2ccccc2Br)c1N. The summed E-state index contributed by atoms with van der Waals surface area (Å²) in [7, 11) is 1.91. The number of nitrogen functional groups attached to an aromatic ring is 1. The molecule has 1 aromatic heterocycles. The third kappa shape index (κ3) is 1.98. The standard InChI is InChI=1S/C15H18BrN3/c1-15(2)8-10(15)13-12(14(17)19(3)18-13)9-6-4-5-7-11(9)16/h4-7,10H,8,17H2,1-3H3. The molecule has 0 spiro atoms. The molecule has 1 saturated carbocycles. The molecule has 0 aliphatic heterocycles. The summed E-state index contributed by atoms with van der Waals surface area (Å²) in [6.45, 7) is 4.57. The van der Waals surface area contributed by atoms with Crippen molar-refractivity contribution in [3.8, 4) is 11.1 Å². The lowest BCUT2D eigenvalue weighted by Gasteiger charge is -2.07. The number of nitrogens with two attached hydrogens (primary N) is 1. The van der Waals surface area contributed by atoms with Crippen molar-refractivity contribution in [2.24, 2.45) is 12.5 Å². The largest absolute Gasteiger partial charge is 0.383 e. The predicted octanol–water partition coefficient (Wildman–Crippen LogP) is 3.95. The Morgan fingerprint density at radius 1 is 1.37 bits per heavy atom. The third-order valence-corrected chi connectivity index (χ3v) is 4.80. The maximum absolute atomic E-state index is 6.24. The predicted molar refractivity (Wildman–Crippen MR) is 81.9 cm³/mol. The number of benzene rings is 1. The maximum atomic E-state index is 6.24. The number of rotatable bonds is 2. The van der Waals surface area contributed by atoms with Gasteiger partial charge in [-0.15, -0.1) is 0 Å². The summed E-state index contributed by atoms with van der Waals surface area (Å²) in [4.78, 5) is 0. The van der Waals surface area contributed by atoms with Gasteiger partial charge in [0.1, 0.15) is 5.82 Å². The molecule has 0 saturated heterocycles. The van der Waals surface area contributed by atoms with Crippen molar-refractivity contribution in [1.82, 2.24) is 9.78 Å². The van der Waals surface area contributed by atoms with Gasteiger partial charge in [-0.05, 0) is 17.9 Å². The van der Waals surface area contributed by atoms with Crippen LogP contribution in [0.3, 0.4) is 0 Å². The first-order chi connectivity index (χ1) is 8.92. The van der Waals surface area contributed by atoms with Crippen LogP contribution in [0.4, 0.5) is 5.82 Å². The fourth-order valence-electron chi connectivity index (χ4n) is 2.68. The van der Waals surface area contributed by atoms with Gasteiger partial charge < -0.3 is 5.73 Å². The van der Waals surface area contributed by atoms with Crippen molar-refractivity contribution >= 4 is 21.7 Å². The third-order valence-electron chi connectivity index (χ3n) is 4.11. The van der Waals surface area contributed by atoms with E-state index in [2.05, 4.69) is 40.9 Å². The van der Waals surface area contributed by atoms with Crippen molar-refractivity contribution in [1.29, 1.82) is 0 Å². The van der Waals surface area contributed by atoms with Crippen molar-refractivity contribution in [3.05, 3.63) is 34.4 Å². The van der Waals surface area contributed by atoms with Gasteiger partial charge in [-0.25, -0.2) is 0 Å². The summed E-state index contributed by atoms with van der Waals surface area (Å²) < 4.78 is 2.85. The second-order valence-corrected chi connectivity index (χ2v) is 6.85. The van der Waals surface area contributed by atoms with Gasteiger partial charge in [-0.3, -0.25) is 4.68 Å². The first kappa shape index (κ1) is 12.7. The number of hydrogen-bond donors (Lipinski definition) is 1. The summed E-state index contributed by atoms with van der Waals surface area (Å²) in [5.41, 5.74) is 9.94. The van der Waals surface area contributed by atoms with Crippen LogP contribution in [0.5, 0.6) is 0 Å². The molecule has 0 amide bonds. The molecule has 0 bridgehead atoms. The van der Waals surface area contributed by atoms with E-state index in [4.69, 9.17) is 5.73 Å². The molecule has 1 atom stereocenters. The molecule has 2 N–H and O–H groups in total. The number of halogens is 1. The van der Waals surface area contributed by atoms with Gasteiger partial charge in [0.15, 0.2) is 0 Å². The van der Waals surface area contributed by atoms with Crippen LogP contribution in [0.1, 0.15) is 31.9 Å². The Bertz CT molecular complexity index is 643. The van der Waals surface area contributed by atoms with E-state index in [-0.39, 0.29) is 0 Å². The number of aromatic nitrogens is 2. The van der Waals surface area contributed by atoms with E-state index in [9.17, 15) is 0 Å². The van der Waals surface area contributed by atoms with Crippen molar-refractivity contribution < 1.29 is 0 Å². The van der Waals surface area contributed by atoms with Gasteiger partial charge in [0.05, 0.1) is 5.69 Å². The first-order valence-electron chi connectivity index (χ1n) is 6.49. The summed E-state index contributed by atoms with van der Waals surface area (Å²) in [5.74, 6) is 1.25. The first-order valence-corrected chi connectivity index (χ1v) is 7.28. The molecule has 1 fully saturated rings. The quantitative estimate of drug-likeness (QED) is 0.911. The minimum atomic E-state index is 0.344. The van der Waals surface area contributed by atoms with Gasteiger partial charge in [-0.2, -0.15) is 5.10 Å². The molecule has 2 aromatic rings. The zero-order valence-corrected chi connectivity index (χ0v) is 13.0. The van der Waals surface area contributed by atoms with E-state index >= 15 is 0 Å². The normalized spacial score (nSPS) is 20.5. The molecule has 1 unspecified atom stereocenters. The fourth-order valence-corrected chi connectivity index (χ4v) is 3.16. The average Bonchev–Trinajstić information content (AvgIpc) is 2.88. The van der Waals surface area contributed by atoms with Gasteiger partial charge in [0.25, 0.3) is 0 Å². The van der Waals surface area contributed by atoms with E-state index in [0.29, 0.717) is 11.3 Å². The summed E-state index contributed by atoms with van der Waals surface area (Å²) in [6.07, 6.45) is 1.18. The summed E-state index contributed by atoms with van der Waals surface area (Å²) in [5, 5.41) is 4.66. The molecule has 1 aromatic carbocycles. The Balaban J connectivity index is 2.18. The van der Waals surface area contributed by atoms with Crippen LogP contribution < -0.4 is 5.73 Å². The van der Waals surface area contributed by atoms with Crippen molar-refractivity contribution in [2.45, 2.75) is 26.2 Å².